The Balaban J connectivity index is 1.65. The molecule has 3 aromatic rings. The summed E-state index contributed by atoms with van der Waals surface area (Å²) in [7, 11) is -1.85. The first-order valence-electron chi connectivity index (χ1n) is 7.02. The molecule has 0 saturated carbocycles. The van der Waals surface area contributed by atoms with E-state index in [1.165, 1.54) is 12.5 Å². The minimum Gasteiger partial charge on any atom is -0.339 e. The van der Waals surface area contributed by atoms with Crippen LogP contribution in [-0.4, -0.2) is 34.3 Å². The highest BCUT2D eigenvalue weighted by atomic mass is 32.2. The van der Waals surface area contributed by atoms with E-state index in [1.54, 1.807) is 27.6 Å². The highest BCUT2D eigenvalue weighted by Crippen LogP contribution is 2.23. The van der Waals surface area contributed by atoms with Crippen molar-refractivity contribution in [1.82, 2.24) is 24.1 Å². The smallest absolute Gasteiger partial charge is 0.259 e. The summed E-state index contributed by atoms with van der Waals surface area (Å²) < 4.78 is 30.1. The topological polar surface area (TPSA) is 81.8 Å². The minimum absolute atomic E-state index is 0.0245. The van der Waals surface area contributed by atoms with Crippen molar-refractivity contribution in [2.24, 2.45) is 7.05 Å². The Morgan fingerprint density at radius 1 is 1.39 bits per heavy atom. The van der Waals surface area contributed by atoms with Gasteiger partial charge in [0.1, 0.15) is 5.69 Å². The van der Waals surface area contributed by atoms with Crippen LogP contribution in [0.1, 0.15) is 5.69 Å². The average Bonchev–Trinajstić information content (AvgIpc) is 3.20. The normalized spacial score (nSPS) is 11.9. The number of aromatic nitrogens is 4. The van der Waals surface area contributed by atoms with E-state index >= 15 is 0 Å². The molecule has 3 rings (SSSR count). The Kier molecular flexibility index (Phi) is 4.33. The third-order valence-corrected chi connectivity index (χ3v) is 5.57. The van der Waals surface area contributed by atoms with Crippen molar-refractivity contribution >= 4 is 21.4 Å². The Labute approximate surface area is 138 Å². The third kappa shape index (κ3) is 3.52. The predicted molar refractivity (Wildman–Crippen MR) is 88.7 cm³/mol. The molecule has 9 heteroatoms. The zero-order valence-corrected chi connectivity index (χ0v) is 14.4. The third-order valence-electron chi connectivity index (χ3n) is 3.33. The maximum absolute atomic E-state index is 12.1. The number of rotatable bonds is 6. The standard InChI is InChI=1S/C14H17N5O2S2/c1-11-8-12(13-4-3-7-22-13)17-19(11)6-5-16-23(20,21)14-9-18(2)10-15-14/h3-4,7-10,16H,5-6H2,1-2H3. The first-order chi connectivity index (χ1) is 11.0. The summed E-state index contributed by atoms with van der Waals surface area (Å²) in [5.74, 6) is 0. The van der Waals surface area contributed by atoms with Gasteiger partial charge in [-0.15, -0.1) is 11.3 Å². The van der Waals surface area contributed by atoms with Gasteiger partial charge < -0.3 is 4.57 Å². The lowest BCUT2D eigenvalue weighted by molar-refractivity contribution is 0.554. The van der Waals surface area contributed by atoms with Gasteiger partial charge in [-0.3, -0.25) is 4.68 Å². The average molecular weight is 351 g/mol. The number of nitrogens with zero attached hydrogens (tertiary/aromatic N) is 4. The molecule has 0 amide bonds. The second-order valence-corrected chi connectivity index (χ2v) is 7.81. The lowest BCUT2D eigenvalue weighted by atomic mass is 10.3. The van der Waals surface area contributed by atoms with E-state index in [0.717, 1.165) is 16.3 Å². The lowest BCUT2D eigenvalue weighted by Gasteiger charge is -2.06. The van der Waals surface area contributed by atoms with Crippen molar-refractivity contribution in [3.05, 3.63) is 41.8 Å². The van der Waals surface area contributed by atoms with Crippen LogP contribution in [0.15, 0.2) is 41.1 Å². The summed E-state index contributed by atoms with van der Waals surface area (Å²) in [4.78, 5) is 4.96. The van der Waals surface area contributed by atoms with Crippen molar-refractivity contribution in [3.63, 3.8) is 0 Å². The number of nitrogens with one attached hydrogen (secondary N) is 1. The molecule has 0 fully saturated rings. The van der Waals surface area contributed by atoms with Gasteiger partial charge in [-0.25, -0.2) is 18.1 Å². The van der Waals surface area contributed by atoms with Gasteiger partial charge in [0.05, 0.1) is 17.7 Å². The molecule has 7 nitrogen and oxygen atoms in total. The highest BCUT2D eigenvalue weighted by molar-refractivity contribution is 7.89. The molecule has 3 aromatic heterocycles. The Bertz CT molecular complexity index is 894. The van der Waals surface area contributed by atoms with E-state index in [0.29, 0.717) is 6.54 Å². The summed E-state index contributed by atoms with van der Waals surface area (Å²) in [6, 6.07) is 6.00. The summed E-state index contributed by atoms with van der Waals surface area (Å²) in [5, 5.41) is 6.55. The van der Waals surface area contributed by atoms with Gasteiger partial charge in [0.15, 0.2) is 5.03 Å². The molecular formula is C14H17N5O2S2. The molecule has 0 bridgehead atoms. The van der Waals surface area contributed by atoms with E-state index < -0.39 is 10.0 Å². The molecule has 0 aliphatic rings. The molecular weight excluding hydrogens is 334 g/mol. The minimum atomic E-state index is -3.58. The van der Waals surface area contributed by atoms with Crippen LogP contribution in [0.5, 0.6) is 0 Å². The maximum atomic E-state index is 12.1. The number of sulfonamides is 1. The van der Waals surface area contributed by atoms with Crippen LogP contribution in [-0.2, 0) is 23.6 Å². The number of aryl methyl sites for hydroxylation is 2. The van der Waals surface area contributed by atoms with Crippen molar-refractivity contribution in [2.45, 2.75) is 18.5 Å². The van der Waals surface area contributed by atoms with Crippen LogP contribution < -0.4 is 4.72 Å². The summed E-state index contributed by atoms with van der Waals surface area (Å²) in [6.45, 7) is 2.67. The molecule has 122 valence electrons. The fraction of sp³-hybridized carbons (Fsp3) is 0.286. The van der Waals surface area contributed by atoms with Crippen LogP contribution in [0, 0.1) is 6.92 Å². The van der Waals surface area contributed by atoms with Crippen molar-refractivity contribution in [3.8, 4) is 10.6 Å². The monoisotopic (exact) mass is 351 g/mol. The fourth-order valence-corrected chi connectivity index (χ4v) is 3.85. The van der Waals surface area contributed by atoms with Crippen LogP contribution in [0.4, 0.5) is 0 Å². The molecule has 1 N–H and O–H groups in total. The Morgan fingerprint density at radius 2 is 2.22 bits per heavy atom. The Hall–Kier alpha value is -1.97. The largest absolute Gasteiger partial charge is 0.339 e. The first kappa shape index (κ1) is 15.9. The predicted octanol–water partition coefficient (Wildman–Crippen LogP) is 1.63. The van der Waals surface area contributed by atoms with Crippen LogP contribution in [0.2, 0.25) is 0 Å². The molecule has 23 heavy (non-hydrogen) atoms. The molecule has 0 spiro atoms. The van der Waals surface area contributed by atoms with Crippen LogP contribution in [0.25, 0.3) is 10.6 Å². The molecule has 0 saturated heterocycles. The molecule has 0 atom stereocenters. The summed E-state index contributed by atoms with van der Waals surface area (Å²) >= 11 is 1.63. The number of hydrogen-bond donors (Lipinski definition) is 1. The molecule has 3 heterocycles. The zero-order valence-electron chi connectivity index (χ0n) is 12.8. The number of imidazole rings is 1. The lowest BCUT2D eigenvalue weighted by Crippen LogP contribution is -2.28. The molecule has 0 aliphatic carbocycles. The van der Waals surface area contributed by atoms with E-state index in [2.05, 4.69) is 14.8 Å². The van der Waals surface area contributed by atoms with Crippen LogP contribution in [0.3, 0.4) is 0 Å². The molecule has 0 unspecified atom stereocenters. The molecule has 0 aromatic carbocycles. The quantitative estimate of drug-likeness (QED) is 0.732. The second-order valence-electron chi connectivity index (χ2n) is 5.15. The van der Waals surface area contributed by atoms with Gasteiger partial charge in [-0.1, -0.05) is 6.07 Å². The zero-order chi connectivity index (χ0) is 16.4. The van der Waals surface area contributed by atoms with E-state index in [9.17, 15) is 8.42 Å². The van der Waals surface area contributed by atoms with Gasteiger partial charge in [0.25, 0.3) is 10.0 Å². The van der Waals surface area contributed by atoms with Gasteiger partial charge in [0.2, 0.25) is 0 Å². The van der Waals surface area contributed by atoms with Gasteiger partial charge in [-0.05, 0) is 24.4 Å². The molecule has 0 aliphatic heterocycles. The van der Waals surface area contributed by atoms with E-state index in [1.807, 2.05) is 30.5 Å². The SMILES string of the molecule is Cc1cc(-c2cccs2)nn1CCNS(=O)(=O)c1cn(C)cn1. The van der Waals surface area contributed by atoms with Gasteiger partial charge in [0, 0.05) is 25.5 Å². The van der Waals surface area contributed by atoms with Crippen molar-refractivity contribution in [2.75, 3.05) is 6.54 Å². The van der Waals surface area contributed by atoms with Crippen molar-refractivity contribution < 1.29 is 8.42 Å². The number of hydrogen-bond acceptors (Lipinski definition) is 5. The van der Waals surface area contributed by atoms with Gasteiger partial charge >= 0.3 is 0 Å². The van der Waals surface area contributed by atoms with Crippen LogP contribution >= 0.6 is 11.3 Å². The van der Waals surface area contributed by atoms with E-state index in [-0.39, 0.29) is 11.6 Å². The Morgan fingerprint density at radius 3 is 2.87 bits per heavy atom. The highest BCUT2D eigenvalue weighted by Gasteiger charge is 2.16. The van der Waals surface area contributed by atoms with Crippen molar-refractivity contribution in [1.29, 1.82) is 0 Å². The summed E-state index contributed by atoms with van der Waals surface area (Å²) in [5.41, 5.74) is 1.90. The second kappa shape index (κ2) is 6.26. The summed E-state index contributed by atoms with van der Waals surface area (Å²) in [6.07, 6.45) is 2.93. The maximum Gasteiger partial charge on any atom is 0.259 e. The van der Waals surface area contributed by atoms with Gasteiger partial charge in [-0.2, -0.15) is 5.10 Å². The fourth-order valence-electron chi connectivity index (χ4n) is 2.17. The first-order valence-corrected chi connectivity index (χ1v) is 9.38. The number of thiophene rings is 1. The molecule has 0 radical (unpaired) electrons. The van der Waals surface area contributed by atoms with E-state index in [4.69, 9.17) is 0 Å².